The van der Waals surface area contributed by atoms with Crippen molar-refractivity contribution < 1.29 is 14.8 Å². The van der Waals surface area contributed by atoms with E-state index < -0.39 is 5.97 Å². The summed E-state index contributed by atoms with van der Waals surface area (Å²) in [6, 6.07) is 0. The number of carbonyl (C=O) groups is 1. The fourth-order valence-electron chi connectivity index (χ4n) is 2.39. The average molecular weight is 313 g/mol. The first-order chi connectivity index (χ1) is 9.88. The molecule has 1 heterocycles. The van der Waals surface area contributed by atoms with Gasteiger partial charge in [-0.05, 0) is 24.7 Å². The van der Waals surface area contributed by atoms with E-state index >= 15 is 0 Å². The second kappa shape index (κ2) is 6.05. The first kappa shape index (κ1) is 15.8. The summed E-state index contributed by atoms with van der Waals surface area (Å²) in [4.78, 5) is 21.8. The van der Waals surface area contributed by atoms with Gasteiger partial charge in [-0.25, -0.2) is 0 Å². The molecule has 0 radical (unpaired) electrons. The Balaban J connectivity index is 2.16. The largest absolute Gasteiger partial charge is 0.481 e. The molecule has 1 fully saturated rings. The molecule has 1 aromatic heterocycles. The van der Waals surface area contributed by atoms with Gasteiger partial charge in [-0.1, -0.05) is 25.1 Å². The predicted molar refractivity (Wildman–Crippen MR) is 78.5 cm³/mol. The van der Waals surface area contributed by atoms with E-state index in [9.17, 15) is 14.9 Å². The van der Waals surface area contributed by atoms with Gasteiger partial charge in [0, 0.05) is 12.8 Å². The number of aromatic nitrogens is 2. The summed E-state index contributed by atoms with van der Waals surface area (Å²) in [6.07, 6.45) is 3.25. The van der Waals surface area contributed by atoms with Crippen LogP contribution >= 0.6 is 11.8 Å². The fraction of sp³-hybridized carbons (Fsp3) is 0.692. The van der Waals surface area contributed by atoms with Crippen molar-refractivity contribution >= 4 is 23.4 Å². The number of aryl methyl sites for hydroxylation is 2. The molecule has 116 valence electrons. The molecule has 8 heteroatoms. The normalized spacial score (nSPS) is 15.9. The molecule has 0 aliphatic heterocycles. The zero-order chi connectivity index (χ0) is 15.6. The van der Waals surface area contributed by atoms with Crippen molar-refractivity contribution in [1.29, 1.82) is 0 Å². The van der Waals surface area contributed by atoms with Crippen LogP contribution in [0.5, 0.6) is 0 Å². The molecule has 1 aliphatic rings. The topological polar surface area (TPSA) is 98.3 Å². The third-order valence-corrected chi connectivity index (χ3v) is 5.20. The lowest BCUT2D eigenvalue weighted by Gasteiger charge is -2.11. The molecule has 1 aromatic rings. The number of hydrogen-bond acceptors (Lipinski definition) is 5. The molecule has 1 saturated carbocycles. The molecular formula is C13H19N3O4S. The Labute approximate surface area is 126 Å². The smallest absolute Gasteiger partial charge is 0.323 e. The van der Waals surface area contributed by atoms with Crippen LogP contribution in [0.2, 0.25) is 0 Å². The van der Waals surface area contributed by atoms with Crippen molar-refractivity contribution in [3.63, 3.8) is 0 Å². The highest BCUT2D eigenvalue weighted by Crippen LogP contribution is 2.52. The van der Waals surface area contributed by atoms with E-state index in [-0.39, 0.29) is 22.4 Å². The number of rotatable bonds is 8. The van der Waals surface area contributed by atoms with Gasteiger partial charge >= 0.3 is 11.7 Å². The van der Waals surface area contributed by atoms with Crippen LogP contribution in [0.25, 0.3) is 0 Å². The predicted octanol–water partition coefficient (Wildman–Crippen LogP) is 2.63. The molecule has 7 nitrogen and oxygen atoms in total. The molecule has 21 heavy (non-hydrogen) atoms. The van der Waals surface area contributed by atoms with Gasteiger partial charge in [-0.3, -0.25) is 19.6 Å². The third kappa shape index (κ3) is 3.55. The Hall–Kier alpha value is -1.57. The number of carboxylic acid groups (broad SMARTS) is 1. The molecule has 0 atom stereocenters. The Kier molecular flexibility index (Phi) is 4.55. The van der Waals surface area contributed by atoms with Gasteiger partial charge in [0.25, 0.3) is 0 Å². The summed E-state index contributed by atoms with van der Waals surface area (Å²) in [7, 11) is 1.70. The quantitative estimate of drug-likeness (QED) is 0.450. The van der Waals surface area contributed by atoms with Gasteiger partial charge in [0.05, 0.1) is 11.3 Å². The first-order valence-electron chi connectivity index (χ1n) is 6.93. The van der Waals surface area contributed by atoms with Crippen molar-refractivity contribution in [2.75, 3.05) is 5.75 Å². The minimum atomic E-state index is -0.806. The Bertz CT molecular complexity index is 566. The van der Waals surface area contributed by atoms with Crippen LogP contribution in [0.4, 0.5) is 5.69 Å². The second-order valence-electron chi connectivity index (χ2n) is 5.59. The lowest BCUT2D eigenvalue weighted by atomic mass is 10.1. The minimum Gasteiger partial charge on any atom is -0.481 e. The summed E-state index contributed by atoms with van der Waals surface area (Å²) in [6.45, 7) is 1.96. The maximum absolute atomic E-state index is 11.3. The van der Waals surface area contributed by atoms with Crippen LogP contribution in [0.1, 0.15) is 38.3 Å². The van der Waals surface area contributed by atoms with Crippen LogP contribution in [0.3, 0.4) is 0 Å². The molecule has 2 rings (SSSR count). The summed E-state index contributed by atoms with van der Waals surface area (Å²) in [5, 5.41) is 25.0. The van der Waals surface area contributed by atoms with Crippen LogP contribution in [0.15, 0.2) is 5.03 Å². The minimum absolute atomic E-state index is 0.0791. The fourth-order valence-corrected chi connectivity index (χ4v) is 3.78. The van der Waals surface area contributed by atoms with Gasteiger partial charge in [0.1, 0.15) is 5.69 Å². The van der Waals surface area contributed by atoms with Crippen molar-refractivity contribution in [3.8, 4) is 0 Å². The third-order valence-electron chi connectivity index (χ3n) is 3.71. The Morgan fingerprint density at radius 3 is 2.71 bits per heavy atom. The zero-order valence-corrected chi connectivity index (χ0v) is 13.0. The lowest BCUT2D eigenvalue weighted by Crippen LogP contribution is -2.11. The first-order valence-corrected chi connectivity index (χ1v) is 7.92. The molecular weight excluding hydrogens is 294 g/mol. The molecule has 1 N–H and O–H groups in total. The molecule has 0 amide bonds. The van der Waals surface area contributed by atoms with Crippen LogP contribution < -0.4 is 0 Å². The number of hydrogen-bond donors (Lipinski definition) is 1. The van der Waals surface area contributed by atoms with Gasteiger partial charge < -0.3 is 5.11 Å². The number of carboxylic acids is 1. The van der Waals surface area contributed by atoms with E-state index in [4.69, 9.17) is 5.11 Å². The highest BCUT2D eigenvalue weighted by molar-refractivity contribution is 7.99. The summed E-state index contributed by atoms with van der Waals surface area (Å²) < 4.78 is 1.55. The van der Waals surface area contributed by atoms with Crippen molar-refractivity contribution in [2.45, 2.75) is 44.1 Å². The Morgan fingerprint density at radius 1 is 1.57 bits per heavy atom. The molecule has 1 aliphatic carbocycles. The standard InChI is InChI=1S/C13H19N3O4S/c1-3-4-9-11(16(19)20)12(15(2)14-9)21-8-13(5-6-13)7-10(17)18/h3-8H2,1-2H3,(H,17,18). The van der Waals surface area contributed by atoms with Crippen molar-refractivity contribution in [1.82, 2.24) is 9.78 Å². The molecule has 0 spiro atoms. The highest BCUT2D eigenvalue weighted by atomic mass is 32.2. The van der Waals surface area contributed by atoms with Gasteiger partial charge in [-0.15, -0.1) is 0 Å². The van der Waals surface area contributed by atoms with Crippen molar-refractivity contribution in [2.24, 2.45) is 12.5 Å². The van der Waals surface area contributed by atoms with E-state index in [2.05, 4.69) is 5.10 Å². The highest BCUT2D eigenvalue weighted by Gasteiger charge is 2.45. The summed E-state index contributed by atoms with van der Waals surface area (Å²) in [5.74, 6) is -0.218. The SMILES string of the molecule is CCCc1nn(C)c(SCC2(CC(=O)O)CC2)c1[N+](=O)[O-]. The van der Waals surface area contributed by atoms with Gasteiger partial charge in [0.15, 0.2) is 5.03 Å². The van der Waals surface area contributed by atoms with E-state index in [0.29, 0.717) is 22.9 Å². The van der Waals surface area contributed by atoms with E-state index in [1.807, 2.05) is 6.92 Å². The van der Waals surface area contributed by atoms with Crippen LogP contribution in [-0.4, -0.2) is 31.5 Å². The summed E-state index contributed by atoms with van der Waals surface area (Å²) >= 11 is 1.36. The zero-order valence-electron chi connectivity index (χ0n) is 12.2. The number of thioether (sulfide) groups is 1. The lowest BCUT2D eigenvalue weighted by molar-refractivity contribution is -0.388. The summed E-state index contributed by atoms with van der Waals surface area (Å²) in [5.41, 5.74) is 0.394. The number of nitro groups is 1. The van der Waals surface area contributed by atoms with Crippen LogP contribution in [0, 0.1) is 15.5 Å². The molecule has 0 unspecified atom stereocenters. The van der Waals surface area contributed by atoms with Crippen molar-refractivity contribution in [3.05, 3.63) is 15.8 Å². The molecule has 0 bridgehead atoms. The van der Waals surface area contributed by atoms with Gasteiger partial charge in [0.2, 0.25) is 0 Å². The second-order valence-corrected chi connectivity index (χ2v) is 6.55. The number of aliphatic carboxylic acids is 1. The Morgan fingerprint density at radius 2 is 2.24 bits per heavy atom. The van der Waals surface area contributed by atoms with Crippen LogP contribution in [-0.2, 0) is 18.3 Å². The van der Waals surface area contributed by atoms with Gasteiger partial charge in [-0.2, -0.15) is 5.10 Å². The maximum atomic E-state index is 11.3. The number of nitrogens with zero attached hydrogens (tertiary/aromatic N) is 3. The monoisotopic (exact) mass is 313 g/mol. The maximum Gasteiger partial charge on any atom is 0.323 e. The molecule has 0 aromatic carbocycles. The van der Waals surface area contributed by atoms with E-state index in [0.717, 1.165) is 19.3 Å². The van der Waals surface area contributed by atoms with E-state index in [1.54, 1.807) is 11.7 Å². The average Bonchev–Trinajstić information content (AvgIpc) is 3.04. The molecule has 0 saturated heterocycles. The van der Waals surface area contributed by atoms with E-state index in [1.165, 1.54) is 11.8 Å².